The molecule has 0 amide bonds. The van der Waals surface area contributed by atoms with Crippen LogP contribution in [0.3, 0.4) is 0 Å². The highest BCUT2D eigenvalue weighted by atomic mass is 35.5. The van der Waals surface area contributed by atoms with Gasteiger partial charge in [0, 0.05) is 5.56 Å². The maximum absolute atomic E-state index is 11.9. The quantitative estimate of drug-likeness (QED) is 0.356. The van der Waals surface area contributed by atoms with Crippen molar-refractivity contribution in [3.63, 3.8) is 0 Å². The number of benzene rings is 1. The van der Waals surface area contributed by atoms with Crippen molar-refractivity contribution in [2.24, 2.45) is 15.9 Å². The molecule has 0 spiro atoms. The predicted molar refractivity (Wildman–Crippen MR) is 81.9 cm³/mol. The third-order valence-corrected chi connectivity index (χ3v) is 2.79. The summed E-state index contributed by atoms with van der Waals surface area (Å²) in [6, 6.07) is 4.45. The number of nitrogens with two attached hydrogens (primary N) is 1. The first-order valence-electron chi connectivity index (χ1n) is 6.53. The van der Waals surface area contributed by atoms with Gasteiger partial charge < -0.3 is 15.3 Å². The molecule has 0 aliphatic heterocycles. The number of guanidine groups is 1. The zero-order valence-electron chi connectivity index (χ0n) is 12.6. The fourth-order valence-corrected chi connectivity index (χ4v) is 1.60. The Kier molecular flexibility index (Phi) is 7.18. The Balaban J connectivity index is 2.77. The fraction of sp³-hybridized carbons (Fsp3) is 0.231. The third kappa shape index (κ3) is 6.30. The minimum Gasteiger partial charge on any atom is -0.462 e. The van der Waals surface area contributed by atoms with Crippen molar-refractivity contribution in [2.75, 3.05) is 6.61 Å². The van der Waals surface area contributed by atoms with Crippen molar-refractivity contribution in [1.29, 1.82) is 0 Å². The van der Waals surface area contributed by atoms with Gasteiger partial charge in [-0.2, -0.15) is 23.8 Å². The number of carbonyl (C=O) groups excluding carboxylic acids is 2. The third-order valence-electron chi connectivity index (χ3n) is 2.37. The number of hydrogen-bond donors (Lipinski definition) is 2. The van der Waals surface area contributed by atoms with E-state index in [4.69, 9.17) is 22.1 Å². The van der Waals surface area contributed by atoms with Gasteiger partial charge in [-0.3, -0.25) is 0 Å². The molecule has 1 aromatic carbocycles. The maximum atomic E-state index is 11.9. The van der Waals surface area contributed by atoms with Crippen LogP contribution in [0.25, 0.3) is 0 Å². The number of nitrogens with zero attached hydrogens (tertiary/aromatic N) is 2. The van der Waals surface area contributed by atoms with Crippen molar-refractivity contribution in [3.8, 4) is 0 Å². The smallest absolute Gasteiger partial charge is 0.462 e. The number of nitrogens with one attached hydrogen (secondary N) is 1. The van der Waals surface area contributed by atoms with Gasteiger partial charge in [-0.1, -0.05) is 23.7 Å². The molecule has 0 radical (unpaired) electrons. The number of alkyl halides is 3. The Morgan fingerprint density at radius 2 is 2.08 bits per heavy atom. The van der Waals surface area contributed by atoms with E-state index in [1.165, 1.54) is 23.7 Å². The zero-order chi connectivity index (χ0) is 19.0. The maximum Gasteiger partial charge on any atom is 0.493 e. The molecule has 0 atom stereocenters. The van der Waals surface area contributed by atoms with Gasteiger partial charge in [0.15, 0.2) is 0 Å². The Bertz CT molecular complexity index is 707. The molecule has 0 heterocycles. The average molecular weight is 381 g/mol. The van der Waals surface area contributed by atoms with Crippen LogP contribution in [0, 0.1) is 0 Å². The molecular formula is C13H12ClF3N4O4. The van der Waals surface area contributed by atoms with Crippen molar-refractivity contribution >= 4 is 35.7 Å². The SMILES string of the molecule is CCOC(=O)c1cccc(C=NN=C(N)NOC(=O)C(F)(F)F)c1Cl. The number of rotatable bonds is 4. The van der Waals surface area contributed by atoms with Crippen molar-refractivity contribution in [2.45, 2.75) is 13.1 Å². The van der Waals surface area contributed by atoms with E-state index >= 15 is 0 Å². The van der Waals surface area contributed by atoms with Crippen LogP contribution in [0.2, 0.25) is 5.02 Å². The van der Waals surface area contributed by atoms with E-state index in [0.717, 1.165) is 6.21 Å². The second-order valence-corrected chi connectivity index (χ2v) is 4.53. The predicted octanol–water partition coefficient (Wildman–Crippen LogP) is 1.78. The molecule has 8 nitrogen and oxygen atoms in total. The summed E-state index contributed by atoms with van der Waals surface area (Å²) in [5.41, 5.74) is 7.01. The van der Waals surface area contributed by atoms with Gasteiger partial charge in [0.2, 0.25) is 5.96 Å². The Morgan fingerprint density at radius 3 is 2.68 bits per heavy atom. The van der Waals surface area contributed by atoms with E-state index in [0.29, 0.717) is 0 Å². The zero-order valence-corrected chi connectivity index (χ0v) is 13.4. The Morgan fingerprint density at radius 1 is 1.40 bits per heavy atom. The van der Waals surface area contributed by atoms with Crippen LogP contribution in [-0.4, -0.2) is 36.9 Å². The summed E-state index contributed by atoms with van der Waals surface area (Å²) < 4.78 is 40.5. The number of halogens is 4. The average Bonchev–Trinajstić information content (AvgIpc) is 2.53. The number of hydrogen-bond acceptors (Lipinski definition) is 6. The minimum absolute atomic E-state index is 0.0370. The normalized spacial score (nSPS) is 12.1. The molecule has 25 heavy (non-hydrogen) atoms. The molecule has 12 heteroatoms. The molecular weight excluding hydrogens is 369 g/mol. The number of carbonyl (C=O) groups is 2. The van der Waals surface area contributed by atoms with Crippen LogP contribution in [0.15, 0.2) is 28.4 Å². The Hall–Kier alpha value is -2.82. The van der Waals surface area contributed by atoms with Gasteiger partial charge in [0.1, 0.15) is 0 Å². The molecule has 136 valence electrons. The summed E-state index contributed by atoms with van der Waals surface area (Å²) >= 11 is 6.03. The molecule has 3 N–H and O–H groups in total. The highest BCUT2D eigenvalue weighted by Crippen LogP contribution is 2.20. The van der Waals surface area contributed by atoms with Gasteiger partial charge in [0.05, 0.1) is 23.4 Å². The Labute approximate surface area is 144 Å². The van der Waals surface area contributed by atoms with Crippen LogP contribution in [-0.2, 0) is 14.4 Å². The largest absolute Gasteiger partial charge is 0.493 e. The van der Waals surface area contributed by atoms with Crippen LogP contribution < -0.4 is 11.2 Å². The molecule has 1 rings (SSSR count). The molecule has 0 aromatic heterocycles. The lowest BCUT2D eigenvalue weighted by Gasteiger charge is -2.06. The van der Waals surface area contributed by atoms with Crippen molar-refractivity contribution in [1.82, 2.24) is 5.48 Å². The second-order valence-electron chi connectivity index (χ2n) is 4.15. The first kappa shape index (κ1) is 20.2. The van der Waals surface area contributed by atoms with Gasteiger partial charge in [-0.25, -0.2) is 9.59 Å². The molecule has 0 aliphatic rings. The van der Waals surface area contributed by atoms with Crippen LogP contribution in [0.4, 0.5) is 13.2 Å². The topological polar surface area (TPSA) is 115 Å². The molecule has 0 saturated heterocycles. The van der Waals surface area contributed by atoms with E-state index in [2.05, 4.69) is 15.0 Å². The first-order chi connectivity index (χ1) is 11.7. The van der Waals surface area contributed by atoms with Gasteiger partial charge in [-0.05, 0) is 13.0 Å². The summed E-state index contributed by atoms with van der Waals surface area (Å²) in [5.74, 6) is -3.85. The molecule has 0 unspecified atom stereocenters. The lowest BCUT2D eigenvalue weighted by Crippen LogP contribution is -2.38. The van der Waals surface area contributed by atoms with E-state index in [-0.39, 0.29) is 22.8 Å². The van der Waals surface area contributed by atoms with E-state index in [9.17, 15) is 22.8 Å². The molecule has 1 aromatic rings. The number of ether oxygens (including phenoxy) is 1. The summed E-state index contributed by atoms with van der Waals surface area (Å²) in [4.78, 5) is 25.8. The van der Waals surface area contributed by atoms with E-state index in [1.54, 1.807) is 6.92 Å². The van der Waals surface area contributed by atoms with Crippen molar-refractivity contribution < 1.29 is 32.3 Å². The van der Waals surface area contributed by atoms with E-state index in [1.807, 2.05) is 0 Å². The fourth-order valence-electron chi connectivity index (χ4n) is 1.35. The highest BCUT2D eigenvalue weighted by Gasteiger charge is 2.41. The van der Waals surface area contributed by atoms with Gasteiger partial charge >= 0.3 is 18.1 Å². The van der Waals surface area contributed by atoms with Crippen LogP contribution >= 0.6 is 11.6 Å². The monoisotopic (exact) mass is 380 g/mol. The summed E-state index contributed by atoms with van der Waals surface area (Å²) in [6.45, 7) is 1.80. The molecule has 0 aliphatic carbocycles. The number of esters is 1. The number of hydroxylamine groups is 1. The second kappa shape index (κ2) is 8.87. The first-order valence-corrected chi connectivity index (χ1v) is 6.90. The van der Waals surface area contributed by atoms with Crippen LogP contribution in [0.5, 0.6) is 0 Å². The summed E-state index contributed by atoms with van der Waals surface area (Å²) in [6.07, 6.45) is -4.09. The lowest BCUT2D eigenvalue weighted by molar-refractivity contribution is -0.203. The van der Waals surface area contributed by atoms with Gasteiger partial charge in [0.25, 0.3) is 0 Å². The van der Waals surface area contributed by atoms with Crippen LogP contribution in [0.1, 0.15) is 22.8 Å². The molecule has 0 saturated carbocycles. The summed E-state index contributed by atoms with van der Waals surface area (Å²) in [7, 11) is 0. The minimum atomic E-state index is -5.18. The molecule has 0 fully saturated rings. The van der Waals surface area contributed by atoms with E-state index < -0.39 is 24.1 Å². The molecule has 0 bridgehead atoms. The summed E-state index contributed by atoms with van der Waals surface area (Å²) in [5, 5.41) is 6.75. The standard InChI is InChI=1S/C13H12ClF3N4O4/c1-2-24-10(22)8-5-3-4-7(9(8)14)6-19-20-12(18)21-25-11(23)13(15,16)17/h3-6H,2H2,1H3,(H3,18,20,21). The highest BCUT2D eigenvalue weighted by molar-refractivity contribution is 6.36. The lowest BCUT2D eigenvalue weighted by atomic mass is 10.1. The van der Waals surface area contributed by atoms with Gasteiger partial charge in [-0.15, -0.1) is 5.10 Å². The van der Waals surface area contributed by atoms with Crippen molar-refractivity contribution in [3.05, 3.63) is 34.3 Å².